The van der Waals surface area contributed by atoms with Crippen LogP contribution in [0.25, 0.3) is 0 Å². The molecule has 0 aromatic carbocycles. The van der Waals surface area contributed by atoms with E-state index in [1.54, 1.807) is 0 Å². The van der Waals surface area contributed by atoms with Gasteiger partial charge in [0.05, 0.1) is 12.5 Å². The second-order valence-electron chi connectivity index (χ2n) is 5.20. The molecule has 0 fully saturated rings. The molecule has 0 heterocycles. The fraction of sp³-hybridized carbons (Fsp3) is 0.846. The average Bonchev–Trinajstić information content (AvgIpc) is 2.32. The monoisotopic (exact) mass is 274 g/mol. The van der Waals surface area contributed by atoms with Crippen LogP contribution >= 0.6 is 0 Å². The summed E-state index contributed by atoms with van der Waals surface area (Å²) < 4.78 is 4.99. The van der Waals surface area contributed by atoms with Crippen LogP contribution in [0.4, 0.5) is 0 Å². The molecule has 19 heavy (non-hydrogen) atoms. The molecule has 0 saturated heterocycles. The van der Waals surface area contributed by atoms with Crippen molar-refractivity contribution in [2.45, 2.75) is 39.2 Å². The number of ether oxygens (including phenoxy) is 1. The number of nitrogens with two attached hydrogens (primary N) is 1. The number of carbonyl (C=O) groups excluding carboxylic acids is 1. The topological polar surface area (TPSA) is 102 Å². The van der Waals surface area contributed by atoms with Crippen molar-refractivity contribution < 1.29 is 19.4 Å². The van der Waals surface area contributed by atoms with E-state index in [4.69, 9.17) is 15.6 Å². The number of amides is 1. The number of aliphatic carboxylic acids is 1. The Balaban J connectivity index is 4.04. The van der Waals surface area contributed by atoms with Crippen LogP contribution < -0.4 is 11.1 Å². The highest BCUT2D eigenvalue weighted by Gasteiger charge is 2.16. The molecular formula is C13H26N2O4. The Hall–Kier alpha value is -1.14. The van der Waals surface area contributed by atoms with Crippen molar-refractivity contribution in [1.82, 2.24) is 5.32 Å². The zero-order valence-corrected chi connectivity index (χ0v) is 12.0. The van der Waals surface area contributed by atoms with Gasteiger partial charge in [0.2, 0.25) is 5.91 Å². The third-order valence-corrected chi connectivity index (χ3v) is 2.87. The van der Waals surface area contributed by atoms with E-state index in [1.165, 1.54) is 7.11 Å². The number of methoxy groups -OCH3 is 1. The number of nitrogens with one attached hydrogen (secondary N) is 1. The molecule has 0 saturated carbocycles. The molecule has 0 spiro atoms. The second kappa shape index (κ2) is 9.75. The summed E-state index contributed by atoms with van der Waals surface area (Å²) in [5.41, 5.74) is 5.63. The summed E-state index contributed by atoms with van der Waals surface area (Å²) in [5, 5.41) is 11.3. The zero-order valence-electron chi connectivity index (χ0n) is 12.0. The molecule has 0 aromatic rings. The minimum atomic E-state index is -0.944. The van der Waals surface area contributed by atoms with Gasteiger partial charge in [-0.25, -0.2) is 0 Å². The highest BCUT2D eigenvalue weighted by molar-refractivity contribution is 5.76. The van der Waals surface area contributed by atoms with E-state index in [9.17, 15) is 9.59 Å². The van der Waals surface area contributed by atoms with Crippen LogP contribution in [0.15, 0.2) is 0 Å². The maximum Gasteiger partial charge on any atom is 0.306 e. The minimum Gasteiger partial charge on any atom is -0.481 e. The van der Waals surface area contributed by atoms with Gasteiger partial charge in [0.1, 0.15) is 0 Å². The molecule has 0 bridgehead atoms. The van der Waals surface area contributed by atoms with Crippen molar-refractivity contribution in [3.8, 4) is 0 Å². The fourth-order valence-electron chi connectivity index (χ4n) is 1.93. The van der Waals surface area contributed by atoms with Crippen LogP contribution in [0.3, 0.4) is 0 Å². The van der Waals surface area contributed by atoms with Crippen LogP contribution in [0.1, 0.15) is 33.1 Å². The van der Waals surface area contributed by atoms with Crippen LogP contribution in [-0.4, -0.2) is 43.3 Å². The summed E-state index contributed by atoms with van der Waals surface area (Å²) in [6.07, 6.45) is 0.663. The Labute approximate surface area is 114 Å². The first kappa shape index (κ1) is 17.9. The first-order valence-corrected chi connectivity index (χ1v) is 6.60. The van der Waals surface area contributed by atoms with Gasteiger partial charge < -0.3 is 20.9 Å². The lowest BCUT2D eigenvalue weighted by Gasteiger charge is -2.18. The Morgan fingerprint density at radius 3 is 2.37 bits per heavy atom. The van der Waals surface area contributed by atoms with Crippen molar-refractivity contribution in [1.29, 1.82) is 0 Å². The third kappa shape index (κ3) is 9.44. The smallest absolute Gasteiger partial charge is 0.306 e. The van der Waals surface area contributed by atoms with Crippen molar-refractivity contribution >= 4 is 11.9 Å². The summed E-state index contributed by atoms with van der Waals surface area (Å²) in [6, 6.07) is 0. The maximum atomic E-state index is 11.7. The summed E-state index contributed by atoms with van der Waals surface area (Å²) in [4.78, 5) is 22.3. The van der Waals surface area contributed by atoms with Gasteiger partial charge in [-0.3, -0.25) is 9.59 Å². The standard InChI is InChI=1S/C13H26N2O4/c1-9(2)4-10(7-14)5-12(16)15-8-11(19-3)6-13(17)18/h9-11H,4-8,14H2,1-3H3,(H,15,16)(H,17,18). The Morgan fingerprint density at radius 1 is 1.32 bits per heavy atom. The van der Waals surface area contributed by atoms with Crippen molar-refractivity contribution in [3.63, 3.8) is 0 Å². The van der Waals surface area contributed by atoms with E-state index in [0.29, 0.717) is 18.9 Å². The lowest BCUT2D eigenvalue weighted by molar-refractivity contribution is -0.140. The summed E-state index contributed by atoms with van der Waals surface area (Å²) in [7, 11) is 1.43. The van der Waals surface area contributed by atoms with Gasteiger partial charge in [0.15, 0.2) is 0 Å². The Kier molecular flexibility index (Phi) is 9.16. The first-order chi connectivity index (χ1) is 8.88. The fourth-order valence-corrected chi connectivity index (χ4v) is 1.93. The number of hydrogen-bond donors (Lipinski definition) is 3. The van der Waals surface area contributed by atoms with E-state index in [-0.39, 0.29) is 24.8 Å². The van der Waals surface area contributed by atoms with E-state index < -0.39 is 12.1 Å². The summed E-state index contributed by atoms with van der Waals surface area (Å²) >= 11 is 0. The van der Waals surface area contributed by atoms with Gasteiger partial charge in [-0.15, -0.1) is 0 Å². The van der Waals surface area contributed by atoms with Crippen LogP contribution in [0, 0.1) is 11.8 Å². The third-order valence-electron chi connectivity index (χ3n) is 2.87. The quantitative estimate of drug-likeness (QED) is 0.541. The molecule has 6 nitrogen and oxygen atoms in total. The number of carbonyl (C=O) groups is 2. The molecule has 0 radical (unpaired) electrons. The minimum absolute atomic E-state index is 0.108. The van der Waals surface area contributed by atoms with Crippen LogP contribution in [0.5, 0.6) is 0 Å². The average molecular weight is 274 g/mol. The molecule has 0 aliphatic heterocycles. The largest absolute Gasteiger partial charge is 0.481 e. The van der Waals surface area contributed by atoms with Gasteiger partial charge in [-0.05, 0) is 24.8 Å². The number of carboxylic acid groups (broad SMARTS) is 1. The molecule has 4 N–H and O–H groups in total. The van der Waals surface area contributed by atoms with Gasteiger partial charge in [0, 0.05) is 20.1 Å². The van der Waals surface area contributed by atoms with Gasteiger partial charge in [0.25, 0.3) is 0 Å². The van der Waals surface area contributed by atoms with Crippen molar-refractivity contribution in [2.24, 2.45) is 17.6 Å². The summed E-state index contributed by atoms with van der Waals surface area (Å²) in [6.45, 7) is 4.87. The number of rotatable bonds is 10. The molecule has 1 amide bonds. The number of hydrogen-bond acceptors (Lipinski definition) is 4. The molecule has 0 aliphatic carbocycles. The molecule has 112 valence electrons. The first-order valence-electron chi connectivity index (χ1n) is 6.60. The van der Waals surface area contributed by atoms with Gasteiger partial charge >= 0.3 is 5.97 Å². The second-order valence-corrected chi connectivity index (χ2v) is 5.20. The van der Waals surface area contributed by atoms with Crippen molar-refractivity contribution in [3.05, 3.63) is 0 Å². The van der Waals surface area contributed by atoms with E-state index in [2.05, 4.69) is 19.2 Å². The molecule has 2 atom stereocenters. The maximum absolute atomic E-state index is 11.7. The lowest BCUT2D eigenvalue weighted by atomic mass is 9.94. The van der Waals surface area contributed by atoms with E-state index in [1.807, 2.05) is 0 Å². The summed E-state index contributed by atoms with van der Waals surface area (Å²) in [5.74, 6) is -0.384. The van der Waals surface area contributed by atoms with Gasteiger partial charge in [-0.2, -0.15) is 0 Å². The van der Waals surface area contributed by atoms with Crippen LogP contribution in [-0.2, 0) is 14.3 Å². The van der Waals surface area contributed by atoms with E-state index in [0.717, 1.165) is 6.42 Å². The van der Waals surface area contributed by atoms with Crippen molar-refractivity contribution in [2.75, 3.05) is 20.2 Å². The van der Waals surface area contributed by atoms with E-state index >= 15 is 0 Å². The number of carboxylic acids is 1. The van der Waals surface area contributed by atoms with Gasteiger partial charge in [-0.1, -0.05) is 13.8 Å². The predicted octanol–water partition coefficient (Wildman–Crippen LogP) is 0.603. The molecule has 0 aromatic heterocycles. The SMILES string of the molecule is COC(CNC(=O)CC(CN)CC(C)C)CC(=O)O. The normalized spacial score (nSPS) is 14.2. The molecular weight excluding hydrogens is 248 g/mol. The molecule has 2 unspecified atom stereocenters. The zero-order chi connectivity index (χ0) is 14.8. The Bertz CT molecular complexity index is 282. The highest BCUT2D eigenvalue weighted by atomic mass is 16.5. The lowest BCUT2D eigenvalue weighted by Crippen LogP contribution is -2.36. The highest BCUT2D eigenvalue weighted by Crippen LogP contribution is 2.13. The predicted molar refractivity (Wildman–Crippen MR) is 72.7 cm³/mol. The molecule has 0 aliphatic rings. The molecule has 0 rings (SSSR count). The van der Waals surface area contributed by atoms with Crippen LogP contribution in [0.2, 0.25) is 0 Å². The molecule has 6 heteroatoms. The Morgan fingerprint density at radius 2 is 1.95 bits per heavy atom.